The van der Waals surface area contributed by atoms with E-state index in [9.17, 15) is 9.18 Å². The molecule has 0 aliphatic rings. The SMILES string of the molecule is Cc1cc(C)cc(OCc2ccc(F)c(C(=O)O)c2)c1. The fourth-order valence-electron chi connectivity index (χ4n) is 2.01. The van der Waals surface area contributed by atoms with Crippen LogP contribution in [-0.4, -0.2) is 11.1 Å². The molecule has 0 heterocycles. The molecule has 20 heavy (non-hydrogen) atoms. The number of hydrogen-bond acceptors (Lipinski definition) is 2. The molecule has 0 unspecified atom stereocenters. The van der Waals surface area contributed by atoms with Crippen molar-refractivity contribution in [3.8, 4) is 5.75 Å². The second-order valence-corrected chi connectivity index (χ2v) is 4.73. The first kappa shape index (κ1) is 14.1. The van der Waals surface area contributed by atoms with Gasteiger partial charge in [-0.15, -0.1) is 0 Å². The molecule has 2 aromatic rings. The Labute approximate surface area is 116 Å². The van der Waals surface area contributed by atoms with E-state index < -0.39 is 11.8 Å². The van der Waals surface area contributed by atoms with Gasteiger partial charge in [-0.25, -0.2) is 9.18 Å². The van der Waals surface area contributed by atoms with Crippen molar-refractivity contribution in [2.24, 2.45) is 0 Å². The molecular formula is C16H15FO3. The van der Waals surface area contributed by atoms with Crippen LogP contribution in [0.25, 0.3) is 0 Å². The maximum atomic E-state index is 13.3. The quantitative estimate of drug-likeness (QED) is 0.924. The molecule has 1 N–H and O–H groups in total. The zero-order valence-corrected chi connectivity index (χ0v) is 11.3. The molecule has 0 spiro atoms. The van der Waals surface area contributed by atoms with Gasteiger partial charge >= 0.3 is 5.97 Å². The minimum absolute atomic E-state index is 0.198. The number of carboxylic acids is 1. The number of hydrogen-bond donors (Lipinski definition) is 1. The normalized spacial score (nSPS) is 10.3. The third-order valence-corrected chi connectivity index (χ3v) is 2.86. The van der Waals surface area contributed by atoms with Crippen molar-refractivity contribution in [2.75, 3.05) is 0 Å². The maximum absolute atomic E-state index is 13.3. The summed E-state index contributed by atoms with van der Waals surface area (Å²) in [6, 6.07) is 9.78. The lowest BCUT2D eigenvalue weighted by atomic mass is 10.1. The molecule has 0 saturated carbocycles. The van der Waals surface area contributed by atoms with Crippen LogP contribution in [-0.2, 0) is 6.61 Å². The number of halogens is 1. The number of aromatic carboxylic acids is 1. The van der Waals surface area contributed by atoms with Gasteiger partial charge in [-0.3, -0.25) is 0 Å². The first-order valence-corrected chi connectivity index (χ1v) is 6.18. The highest BCUT2D eigenvalue weighted by Gasteiger charge is 2.11. The van der Waals surface area contributed by atoms with Crippen LogP contribution in [0.15, 0.2) is 36.4 Å². The van der Waals surface area contributed by atoms with E-state index in [0.717, 1.165) is 17.2 Å². The molecule has 0 saturated heterocycles. The van der Waals surface area contributed by atoms with Gasteiger partial charge in [0.1, 0.15) is 18.2 Å². The highest BCUT2D eigenvalue weighted by atomic mass is 19.1. The van der Waals surface area contributed by atoms with Crippen molar-refractivity contribution in [3.63, 3.8) is 0 Å². The molecule has 0 fully saturated rings. The summed E-state index contributed by atoms with van der Waals surface area (Å²) in [5.41, 5.74) is 2.45. The van der Waals surface area contributed by atoms with Crippen molar-refractivity contribution in [1.29, 1.82) is 0 Å². The Morgan fingerprint density at radius 1 is 1.15 bits per heavy atom. The molecule has 0 aromatic heterocycles. The third kappa shape index (κ3) is 3.35. The Kier molecular flexibility index (Phi) is 4.03. The zero-order chi connectivity index (χ0) is 14.7. The summed E-state index contributed by atoms with van der Waals surface area (Å²) >= 11 is 0. The number of ether oxygens (including phenoxy) is 1. The molecule has 2 rings (SSSR count). The molecule has 0 bridgehead atoms. The lowest BCUT2D eigenvalue weighted by Crippen LogP contribution is -2.03. The molecule has 0 atom stereocenters. The molecule has 104 valence electrons. The summed E-state index contributed by atoms with van der Waals surface area (Å²) in [6.07, 6.45) is 0. The first-order valence-electron chi connectivity index (χ1n) is 6.18. The van der Waals surface area contributed by atoms with Crippen molar-refractivity contribution < 1.29 is 19.0 Å². The fraction of sp³-hybridized carbons (Fsp3) is 0.188. The minimum Gasteiger partial charge on any atom is -0.489 e. The van der Waals surface area contributed by atoms with Crippen LogP contribution in [0.1, 0.15) is 27.0 Å². The van der Waals surface area contributed by atoms with E-state index in [4.69, 9.17) is 9.84 Å². The Balaban J connectivity index is 2.14. The van der Waals surface area contributed by atoms with E-state index in [1.165, 1.54) is 12.1 Å². The number of carboxylic acid groups (broad SMARTS) is 1. The van der Waals surface area contributed by atoms with Crippen molar-refractivity contribution in [1.82, 2.24) is 0 Å². The van der Waals surface area contributed by atoms with Crippen LogP contribution < -0.4 is 4.74 Å². The average molecular weight is 274 g/mol. The van der Waals surface area contributed by atoms with Gasteiger partial charge in [0.05, 0.1) is 5.56 Å². The fourth-order valence-corrected chi connectivity index (χ4v) is 2.01. The minimum atomic E-state index is -1.28. The van der Waals surface area contributed by atoms with Crippen LogP contribution in [0.4, 0.5) is 4.39 Å². The highest BCUT2D eigenvalue weighted by Crippen LogP contribution is 2.18. The smallest absolute Gasteiger partial charge is 0.338 e. The molecule has 0 aliphatic carbocycles. The van der Waals surface area contributed by atoms with Crippen molar-refractivity contribution in [2.45, 2.75) is 20.5 Å². The predicted molar refractivity (Wildman–Crippen MR) is 73.6 cm³/mol. The zero-order valence-electron chi connectivity index (χ0n) is 11.3. The van der Waals surface area contributed by atoms with Crippen molar-refractivity contribution in [3.05, 3.63) is 64.5 Å². The van der Waals surface area contributed by atoms with E-state index in [-0.39, 0.29) is 12.2 Å². The molecule has 0 amide bonds. The monoisotopic (exact) mass is 274 g/mol. The summed E-state index contributed by atoms with van der Waals surface area (Å²) < 4.78 is 18.9. The van der Waals surface area contributed by atoms with Gasteiger partial charge in [-0.2, -0.15) is 0 Å². The van der Waals surface area contributed by atoms with Crippen LogP contribution >= 0.6 is 0 Å². The van der Waals surface area contributed by atoms with Gasteiger partial charge in [-0.1, -0.05) is 12.1 Å². The van der Waals surface area contributed by atoms with Gasteiger partial charge < -0.3 is 9.84 Å². The van der Waals surface area contributed by atoms with Gasteiger partial charge in [0, 0.05) is 0 Å². The summed E-state index contributed by atoms with van der Waals surface area (Å²) in [6.45, 7) is 4.14. The van der Waals surface area contributed by atoms with Crippen LogP contribution in [0, 0.1) is 19.7 Å². The molecule has 3 nitrogen and oxygen atoms in total. The molecular weight excluding hydrogens is 259 g/mol. The number of rotatable bonds is 4. The van der Waals surface area contributed by atoms with E-state index in [2.05, 4.69) is 0 Å². The molecule has 2 aromatic carbocycles. The Hall–Kier alpha value is -2.36. The standard InChI is InChI=1S/C16H15FO3/c1-10-5-11(2)7-13(6-10)20-9-12-3-4-15(17)14(8-12)16(18)19/h3-8H,9H2,1-2H3,(H,18,19). The van der Waals surface area contributed by atoms with E-state index in [1.807, 2.05) is 32.0 Å². The Morgan fingerprint density at radius 3 is 2.40 bits per heavy atom. The lowest BCUT2D eigenvalue weighted by molar-refractivity contribution is 0.0691. The summed E-state index contributed by atoms with van der Waals surface area (Å²) in [4.78, 5) is 10.9. The van der Waals surface area contributed by atoms with Crippen LogP contribution in [0.3, 0.4) is 0 Å². The maximum Gasteiger partial charge on any atom is 0.338 e. The highest BCUT2D eigenvalue weighted by molar-refractivity contribution is 5.88. The lowest BCUT2D eigenvalue weighted by Gasteiger charge is -2.09. The van der Waals surface area contributed by atoms with E-state index in [0.29, 0.717) is 11.3 Å². The van der Waals surface area contributed by atoms with E-state index >= 15 is 0 Å². The second kappa shape index (κ2) is 5.74. The van der Waals surface area contributed by atoms with Gasteiger partial charge in [0.2, 0.25) is 0 Å². The largest absolute Gasteiger partial charge is 0.489 e. The Bertz CT molecular complexity index is 630. The van der Waals surface area contributed by atoms with Crippen LogP contribution in [0.2, 0.25) is 0 Å². The van der Waals surface area contributed by atoms with Gasteiger partial charge in [0.25, 0.3) is 0 Å². The molecule has 0 aliphatic heterocycles. The summed E-state index contributed by atoms with van der Waals surface area (Å²) in [5, 5.41) is 8.87. The third-order valence-electron chi connectivity index (χ3n) is 2.86. The van der Waals surface area contributed by atoms with E-state index in [1.54, 1.807) is 0 Å². The summed E-state index contributed by atoms with van der Waals surface area (Å²) in [5.74, 6) is -1.31. The average Bonchev–Trinajstić information content (AvgIpc) is 2.36. The van der Waals surface area contributed by atoms with Crippen LogP contribution in [0.5, 0.6) is 5.75 Å². The van der Waals surface area contributed by atoms with Gasteiger partial charge in [-0.05, 0) is 54.8 Å². The molecule has 0 radical (unpaired) electrons. The number of benzene rings is 2. The predicted octanol–water partition coefficient (Wildman–Crippen LogP) is 3.72. The first-order chi connectivity index (χ1) is 9.45. The van der Waals surface area contributed by atoms with Crippen molar-refractivity contribution >= 4 is 5.97 Å². The Morgan fingerprint density at radius 2 is 1.80 bits per heavy atom. The van der Waals surface area contributed by atoms with Gasteiger partial charge in [0.15, 0.2) is 0 Å². The second-order valence-electron chi connectivity index (χ2n) is 4.73. The topological polar surface area (TPSA) is 46.5 Å². The number of carbonyl (C=O) groups is 1. The molecule has 4 heteroatoms. The number of aryl methyl sites for hydroxylation is 2. The summed E-state index contributed by atoms with van der Waals surface area (Å²) in [7, 11) is 0.